The van der Waals surface area contributed by atoms with Crippen LogP contribution in [-0.2, 0) is 20.9 Å². The van der Waals surface area contributed by atoms with Crippen molar-refractivity contribution in [1.82, 2.24) is 9.71 Å². The number of hydrogen-bond acceptors (Lipinski definition) is 6. The second-order valence-electron chi connectivity index (χ2n) is 5.60. The number of ether oxygens (including phenoxy) is 1. The zero-order chi connectivity index (χ0) is 20.9. The lowest BCUT2D eigenvalue weighted by Crippen LogP contribution is -2.26. The van der Waals surface area contributed by atoms with E-state index in [1.807, 2.05) is 0 Å². The van der Waals surface area contributed by atoms with Gasteiger partial charge in [0.25, 0.3) is 0 Å². The molecular formula is C17H19F3N2O4S2. The largest absolute Gasteiger partial charge is 0.465 e. The van der Waals surface area contributed by atoms with Crippen molar-refractivity contribution >= 4 is 27.8 Å². The summed E-state index contributed by atoms with van der Waals surface area (Å²) in [6.07, 6.45) is -3.73. The first-order valence-electron chi connectivity index (χ1n) is 7.89. The second-order valence-corrected chi connectivity index (χ2v) is 8.48. The molecule has 0 radical (unpaired) electrons. The number of methoxy groups -OCH3 is 1. The minimum absolute atomic E-state index is 0. The minimum atomic E-state index is -4.46. The fourth-order valence-corrected chi connectivity index (χ4v) is 4.04. The van der Waals surface area contributed by atoms with Gasteiger partial charge < -0.3 is 4.74 Å². The van der Waals surface area contributed by atoms with Crippen molar-refractivity contribution in [3.63, 3.8) is 0 Å². The van der Waals surface area contributed by atoms with E-state index in [4.69, 9.17) is 0 Å². The van der Waals surface area contributed by atoms with Crippen molar-refractivity contribution in [2.45, 2.75) is 23.0 Å². The molecule has 0 fully saturated rings. The summed E-state index contributed by atoms with van der Waals surface area (Å²) in [5.74, 6) is -0.383. The maximum Gasteiger partial charge on any atom is 0.417 e. The number of benzene rings is 1. The SMILES string of the molecule is COC(=O)c1cc(S(=O)(=O)NCCSc2ccc(C(F)(F)F)cn2)ccc1C.[HH]. The van der Waals surface area contributed by atoms with Gasteiger partial charge in [-0.25, -0.2) is 22.9 Å². The topological polar surface area (TPSA) is 85.4 Å². The minimum Gasteiger partial charge on any atom is -0.465 e. The van der Waals surface area contributed by atoms with E-state index < -0.39 is 27.7 Å². The predicted molar refractivity (Wildman–Crippen MR) is 99.8 cm³/mol. The molecule has 1 aromatic heterocycles. The predicted octanol–water partition coefficient (Wildman–Crippen LogP) is 3.51. The van der Waals surface area contributed by atoms with Crippen LogP contribution >= 0.6 is 11.8 Å². The quantitative estimate of drug-likeness (QED) is 0.406. The lowest BCUT2D eigenvalue weighted by molar-refractivity contribution is -0.137. The fourth-order valence-electron chi connectivity index (χ4n) is 2.15. The summed E-state index contributed by atoms with van der Waals surface area (Å²) in [4.78, 5) is 15.3. The van der Waals surface area contributed by atoms with Crippen LogP contribution in [0.3, 0.4) is 0 Å². The number of carbonyl (C=O) groups excluding carboxylic acids is 1. The number of hydrogen-bond donors (Lipinski definition) is 1. The molecule has 0 aliphatic heterocycles. The molecule has 2 rings (SSSR count). The maximum absolute atomic E-state index is 12.5. The van der Waals surface area contributed by atoms with Crippen LogP contribution < -0.4 is 4.72 Å². The van der Waals surface area contributed by atoms with E-state index in [2.05, 4.69) is 14.4 Å². The zero-order valence-electron chi connectivity index (χ0n) is 14.9. The molecule has 0 amide bonds. The molecule has 0 atom stereocenters. The molecule has 0 unspecified atom stereocenters. The number of rotatable bonds is 7. The van der Waals surface area contributed by atoms with Crippen molar-refractivity contribution in [3.05, 3.63) is 53.2 Å². The Balaban J connectivity index is 0.00000420. The fraction of sp³-hybridized carbons (Fsp3) is 0.294. The van der Waals surface area contributed by atoms with Gasteiger partial charge in [-0.2, -0.15) is 13.2 Å². The summed E-state index contributed by atoms with van der Waals surface area (Å²) in [5, 5.41) is 0.343. The summed E-state index contributed by atoms with van der Waals surface area (Å²) in [5.41, 5.74) is -0.123. The zero-order valence-corrected chi connectivity index (χ0v) is 16.5. The third kappa shape index (κ3) is 5.69. The number of nitrogens with one attached hydrogen (secondary N) is 1. The van der Waals surface area contributed by atoms with Crippen LogP contribution in [0.5, 0.6) is 0 Å². The highest BCUT2D eigenvalue weighted by molar-refractivity contribution is 7.99. The van der Waals surface area contributed by atoms with Crippen LogP contribution in [-0.4, -0.2) is 38.8 Å². The molecule has 2 aromatic rings. The molecule has 11 heteroatoms. The Hall–Kier alpha value is -2.11. The molecule has 0 aliphatic carbocycles. The number of esters is 1. The van der Waals surface area contributed by atoms with Gasteiger partial charge in [0.2, 0.25) is 10.0 Å². The highest BCUT2D eigenvalue weighted by Gasteiger charge is 2.30. The first kappa shape index (κ1) is 22.2. The molecule has 0 spiro atoms. The van der Waals surface area contributed by atoms with Gasteiger partial charge in [-0.05, 0) is 36.8 Å². The standard InChI is InChI=1S/C17H17F3N2O4S2.H2/c1-11-3-5-13(9-14(11)16(23)26-2)28(24,25)22-7-8-27-15-6-4-12(10-21-15)17(18,19)20;/h3-6,9-10,22H,7-8H2,1-2H3;1H. The van der Waals surface area contributed by atoms with E-state index in [9.17, 15) is 26.4 Å². The van der Waals surface area contributed by atoms with Gasteiger partial charge in [0, 0.05) is 19.9 Å². The molecule has 0 saturated carbocycles. The molecule has 6 nitrogen and oxygen atoms in total. The van der Waals surface area contributed by atoms with Crippen LogP contribution in [0.1, 0.15) is 22.9 Å². The molecule has 1 N–H and O–H groups in total. The third-order valence-corrected chi connectivity index (χ3v) is 6.04. The summed E-state index contributed by atoms with van der Waals surface area (Å²) in [6.45, 7) is 1.68. The van der Waals surface area contributed by atoms with Crippen LogP contribution in [0.15, 0.2) is 46.5 Å². The Morgan fingerprint density at radius 3 is 2.57 bits per heavy atom. The molecular weight excluding hydrogens is 417 g/mol. The van der Waals surface area contributed by atoms with Crippen LogP contribution in [0, 0.1) is 6.92 Å². The van der Waals surface area contributed by atoms with Gasteiger partial charge in [-0.1, -0.05) is 6.07 Å². The van der Waals surface area contributed by atoms with Crippen molar-refractivity contribution in [2.75, 3.05) is 19.4 Å². The van der Waals surface area contributed by atoms with E-state index >= 15 is 0 Å². The number of aromatic nitrogens is 1. The Labute approximate surface area is 166 Å². The summed E-state index contributed by atoms with van der Waals surface area (Å²) in [6, 6.07) is 6.25. The first-order chi connectivity index (χ1) is 13.0. The molecule has 0 bridgehead atoms. The van der Waals surface area contributed by atoms with Crippen molar-refractivity contribution in [2.24, 2.45) is 0 Å². The van der Waals surface area contributed by atoms with E-state index in [1.54, 1.807) is 6.92 Å². The van der Waals surface area contributed by atoms with Crippen LogP contribution in [0.4, 0.5) is 13.2 Å². The monoisotopic (exact) mass is 436 g/mol. The third-order valence-electron chi connectivity index (χ3n) is 3.63. The van der Waals surface area contributed by atoms with Gasteiger partial charge in [0.05, 0.1) is 28.2 Å². The van der Waals surface area contributed by atoms with Crippen molar-refractivity contribution in [3.8, 4) is 0 Å². The molecule has 0 aliphatic rings. The van der Waals surface area contributed by atoms with Crippen molar-refractivity contribution < 1.29 is 32.5 Å². The van der Waals surface area contributed by atoms with Gasteiger partial charge in [-0.3, -0.25) is 0 Å². The van der Waals surface area contributed by atoms with Gasteiger partial charge in [0.15, 0.2) is 0 Å². The highest BCUT2D eigenvalue weighted by atomic mass is 32.2. The summed E-state index contributed by atoms with van der Waals surface area (Å²) < 4.78 is 69.2. The van der Waals surface area contributed by atoms with E-state index in [1.165, 1.54) is 31.4 Å². The number of sulfonamides is 1. The number of pyridine rings is 1. The normalized spacial score (nSPS) is 12.0. The van der Waals surface area contributed by atoms with Gasteiger partial charge in [-0.15, -0.1) is 11.8 Å². The van der Waals surface area contributed by atoms with Crippen LogP contribution in [0.25, 0.3) is 0 Å². The maximum atomic E-state index is 12.5. The lowest BCUT2D eigenvalue weighted by Gasteiger charge is -2.10. The molecule has 0 saturated heterocycles. The van der Waals surface area contributed by atoms with Gasteiger partial charge >= 0.3 is 12.1 Å². The Kier molecular flexibility index (Phi) is 7.07. The lowest BCUT2D eigenvalue weighted by atomic mass is 10.1. The smallest absolute Gasteiger partial charge is 0.417 e. The Bertz CT molecular complexity index is 952. The highest BCUT2D eigenvalue weighted by Crippen LogP contribution is 2.29. The number of halogens is 3. The molecule has 154 valence electrons. The van der Waals surface area contributed by atoms with Crippen molar-refractivity contribution in [1.29, 1.82) is 0 Å². The van der Waals surface area contributed by atoms with E-state index in [0.717, 1.165) is 24.0 Å². The van der Waals surface area contributed by atoms with Gasteiger partial charge in [0.1, 0.15) is 0 Å². The molecule has 1 heterocycles. The average Bonchev–Trinajstić information content (AvgIpc) is 2.64. The second kappa shape index (κ2) is 8.93. The number of thioether (sulfide) groups is 1. The summed E-state index contributed by atoms with van der Waals surface area (Å²) >= 11 is 1.11. The van der Waals surface area contributed by atoms with E-state index in [0.29, 0.717) is 10.6 Å². The number of nitrogens with zero attached hydrogens (tertiary/aromatic N) is 1. The summed E-state index contributed by atoms with van der Waals surface area (Å²) in [7, 11) is -2.66. The number of carbonyl (C=O) groups is 1. The van der Waals surface area contributed by atoms with E-state index in [-0.39, 0.29) is 24.2 Å². The average molecular weight is 436 g/mol. The number of aryl methyl sites for hydroxylation is 1. The number of alkyl halides is 3. The molecule has 1 aromatic carbocycles. The Morgan fingerprint density at radius 2 is 2.00 bits per heavy atom. The Morgan fingerprint density at radius 1 is 1.29 bits per heavy atom. The van der Waals surface area contributed by atoms with Crippen LogP contribution in [0.2, 0.25) is 0 Å². The molecule has 28 heavy (non-hydrogen) atoms. The first-order valence-corrected chi connectivity index (χ1v) is 10.4.